The van der Waals surface area contributed by atoms with E-state index in [1.165, 1.54) is 50.2 Å². The Balaban J connectivity index is 0.000000263. The summed E-state index contributed by atoms with van der Waals surface area (Å²) in [5.41, 5.74) is 2.95. The van der Waals surface area contributed by atoms with E-state index in [0.29, 0.717) is 28.4 Å². The zero-order valence-corrected chi connectivity index (χ0v) is 35.5. The molecular formula is C43H42F2N8O4S2. The fourth-order valence-electron chi connectivity index (χ4n) is 5.57. The SMILES string of the molecule is CNC(=O)c1ccc(NC(C)(C)C(C)=O)cc1F.[C-]#[N+]c1ccc(N2C(=O)C(C)(C)N(c3ccc(C(=O)NC)c(F)c3)C2=S)cc1C.[C-]#[N+]c1ccc(N=C=S)cc1C. The standard InChI is InChI=1S/C21H19FN4O2S.C13H17FN2O2.C9H6N2S/c1-12-10-13(7-9-17(12)23-4)25-19(28)21(2,3)26(20(25)29)14-6-8-15(16(22)11-14)18(27)24-5;1-8(17)13(2,3)16-9-5-6-10(11(14)7-9)12(18)15-4;1-7-5-8(11-6-12)3-4-9(7)10-2/h6-11H,1-3,5H3,(H,24,27);5-7,16H,1-4H3,(H,15,18);3-5H,1H3. The lowest BCUT2D eigenvalue weighted by molar-refractivity contribution is -0.121. The van der Waals surface area contributed by atoms with Crippen molar-refractivity contribution in [3.05, 3.63) is 130 Å². The maximum Gasteiger partial charge on any atom is 0.259 e. The van der Waals surface area contributed by atoms with Gasteiger partial charge in [-0.3, -0.25) is 24.1 Å². The van der Waals surface area contributed by atoms with Gasteiger partial charge in [-0.1, -0.05) is 12.1 Å². The predicted octanol–water partition coefficient (Wildman–Crippen LogP) is 9.21. The summed E-state index contributed by atoms with van der Waals surface area (Å²) in [4.78, 5) is 61.1. The molecule has 0 atom stereocenters. The van der Waals surface area contributed by atoms with Crippen molar-refractivity contribution in [2.75, 3.05) is 29.2 Å². The molecule has 1 heterocycles. The smallest absolute Gasteiger partial charge is 0.259 e. The van der Waals surface area contributed by atoms with Crippen molar-refractivity contribution >= 4 is 92.3 Å². The zero-order chi connectivity index (χ0) is 44.4. The number of aliphatic imine (C=N–C) groups is 1. The summed E-state index contributed by atoms with van der Waals surface area (Å²) >= 11 is 10.0. The number of anilines is 3. The van der Waals surface area contributed by atoms with Gasteiger partial charge in [0.15, 0.2) is 22.3 Å². The third-order valence-corrected chi connectivity index (χ3v) is 9.62. The first kappa shape index (κ1) is 46.7. The van der Waals surface area contributed by atoms with Crippen molar-refractivity contribution in [3.8, 4) is 0 Å². The lowest BCUT2D eigenvalue weighted by Gasteiger charge is -2.29. The van der Waals surface area contributed by atoms with Gasteiger partial charge in [0.1, 0.15) is 17.2 Å². The third-order valence-electron chi connectivity index (χ3n) is 9.16. The minimum absolute atomic E-state index is 0.0244. The van der Waals surface area contributed by atoms with Crippen molar-refractivity contribution < 1.29 is 28.0 Å². The van der Waals surface area contributed by atoms with Crippen LogP contribution in [0.5, 0.6) is 0 Å². The van der Waals surface area contributed by atoms with Gasteiger partial charge in [0.2, 0.25) is 0 Å². The average Bonchev–Trinajstić information content (AvgIpc) is 3.36. The predicted molar refractivity (Wildman–Crippen MR) is 234 cm³/mol. The maximum absolute atomic E-state index is 14.5. The number of benzene rings is 4. The number of aryl methyl sites for hydroxylation is 2. The highest BCUT2D eigenvalue weighted by molar-refractivity contribution is 7.81. The van der Waals surface area contributed by atoms with Crippen molar-refractivity contribution in [2.24, 2.45) is 4.99 Å². The summed E-state index contributed by atoms with van der Waals surface area (Å²) < 4.78 is 28.2. The Morgan fingerprint density at radius 1 is 0.814 bits per heavy atom. The Hall–Kier alpha value is -6.71. The molecule has 1 aliphatic rings. The number of nitrogens with zero attached hydrogens (tertiary/aromatic N) is 5. The Morgan fingerprint density at radius 3 is 1.78 bits per heavy atom. The van der Waals surface area contributed by atoms with E-state index in [4.69, 9.17) is 25.4 Å². The molecule has 0 aromatic heterocycles. The molecule has 5 rings (SSSR count). The van der Waals surface area contributed by atoms with Gasteiger partial charge in [-0.15, -0.1) is 0 Å². The Labute approximate surface area is 353 Å². The Bertz CT molecular complexity index is 2470. The molecular weight excluding hydrogens is 795 g/mol. The summed E-state index contributed by atoms with van der Waals surface area (Å²) in [5, 5.41) is 10.1. The quantitative estimate of drug-likeness (QED) is 0.0910. The molecule has 0 saturated carbocycles. The number of nitrogens with one attached hydrogen (secondary N) is 3. The molecule has 12 nitrogen and oxygen atoms in total. The van der Waals surface area contributed by atoms with Crippen molar-refractivity contribution in [2.45, 2.75) is 59.5 Å². The Morgan fingerprint density at radius 2 is 1.32 bits per heavy atom. The van der Waals surface area contributed by atoms with Gasteiger partial charge in [0, 0.05) is 31.2 Å². The summed E-state index contributed by atoms with van der Waals surface area (Å²) in [6.07, 6.45) is 0. The normalized spacial score (nSPS) is 12.6. The van der Waals surface area contributed by atoms with E-state index in [-0.39, 0.29) is 27.9 Å². The second-order valence-corrected chi connectivity index (χ2v) is 14.6. The number of halogens is 2. The van der Waals surface area contributed by atoms with Gasteiger partial charge in [-0.05, 0) is 145 Å². The molecule has 4 aromatic carbocycles. The number of amides is 3. The zero-order valence-electron chi connectivity index (χ0n) is 33.9. The molecule has 0 unspecified atom stereocenters. The highest BCUT2D eigenvalue weighted by atomic mass is 32.1. The fraction of sp³-hybridized carbons (Fsp3) is 0.256. The molecule has 4 aromatic rings. The first-order chi connectivity index (χ1) is 27.7. The third kappa shape index (κ3) is 10.8. The molecule has 0 spiro atoms. The molecule has 1 fully saturated rings. The van der Waals surface area contributed by atoms with E-state index in [1.807, 2.05) is 13.0 Å². The minimum Gasteiger partial charge on any atom is -0.373 e. The number of carbonyl (C=O) groups is 4. The first-order valence-corrected chi connectivity index (χ1v) is 18.6. The van der Waals surface area contributed by atoms with E-state index >= 15 is 0 Å². The summed E-state index contributed by atoms with van der Waals surface area (Å²) in [5.74, 6) is -2.68. The maximum atomic E-state index is 14.5. The van der Waals surface area contributed by atoms with Gasteiger partial charge in [-0.25, -0.2) is 18.5 Å². The van der Waals surface area contributed by atoms with Gasteiger partial charge in [-0.2, -0.15) is 4.99 Å². The van der Waals surface area contributed by atoms with E-state index in [0.717, 1.165) is 16.8 Å². The fourth-order valence-corrected chi connectivity index (χ4v) is 6.20. The summed E-state index contributed by atoms with van der Waals surface area (Å²) in [7, 11) is 2.86. The topological polar surface area (TPSA) is 132 Å². The van der Waals surface area contributed by atoms with E-state index < -0.39 is 34.5 Å². The second-order valence-electron chi connectivity index (χ2n) is 14.0. The van der Waals surface area contributed by atoms with Crippen LogP contribution in [0.3, 0.4) is 0 Å². The number of hydrogen-bond donors (Lipinski definition) is 3. The number of hydrogen-bond acceptors (Lipinski definition) is 8. The van der Waals surface area contributed by atoms with Gasteiger partial charge < -0.3 is 20.9 Å². The minimum atomic E-state index is -1.07. The highest BCUT2D eigenvalue weighted by Gasteiger charge is 2.50. The van der Waals surface area contributed by atoms with E-state index in [9.17, 15) is 28.0 Å². The number of rotatable bonds is 8. The van der Waals surface area contributed by atoms with Crippen LogP contribution in [-0.2, 0) is 9.59 Å². The summed E-state index contributed by atoms with van der Waals surface area (Å²) in [6, 6.07) is 18.6. The number of Topliss-reactive ketones (excluding diaryl/α,β-unsaturated/α-hetero) is 1. The van der Waals surface area contributed by atoms with Crippen LogP contribution in [0, 0.1) is 38.6 Å². The molecule has 1 saturated heterocycles. The average molecular weight is 837 g/mol. The van der Waals surface area contributed by atoms with Crippen molar-refractivity contribution in [1.82, 2.24) is 10.6 Å². The number of isothiocyanates is 1. The van der Waals surface area contributed by atoms with Crippen LogP contribution < -0.4 is 25.8 Å². The molecule has 304 valence electrons. The first-order valence-electron chi connectivity index (χ1n) is 17.7. The van der Waals surface area contributed by atoms with Crippen LogP contribution in [0.15, 0.2) is 77.8 Å². The Kier molecular flexibility index (Phi) is 15.5. The molecule has 3 N–H and O–H groups in total. The van der Waals surface area contributed by atoms with Crippen LogP contribution in [0.25, 0.3) is 9.69 Å². The molecule has 1 aliphatic heterocycles. The largest absolute Gasteiger partial charge is 0.373 e. The lowest BCUT2D eigenvalue weighted by Crippen LogP contribution is -2.44. The second kappa shape index (κ2) is 19.6. The van der Waals surface area contributed by atoms with Crippen LogP contribution in [-0.4, -0.2) is 59.0 Å². The number of ketones is 1. The number of carbonyl (C=O) groups excluding carboxylic acids is 4. The van der Waals surface area contributed by atoms with Crippen LogP contribution in [0.2, 0.25) is 0 Å². The monoisotopic (exact) mass is 836 g/mol. The van der Waals surface area contributed by atoms with Crippen LogP contribution in [0.4, 0.5) is 42.9 Å². The van der Waals surface area contributed by atoms with Gasteiger partial charge in [0.25, 0.3) is 17.7 Å². The van der Waals surface area contributed by atoms with Crippen LogP contribution in [0.1, 0.15) is 66.5 Å². The van der Waals surface area contributed by atoms with Gasteiger partial charge >= 0.3 is 0 Å². The molecule has 0 bridgehead atoms. The molecule has 0 radical (unpaired) electrons. The van der Waals surface area contributed by atoms with Crippen molar-refractivity contribution in [3.63, 3.8) is 0 Å². The van der Waals surface area contributed by atoms with Crippen LogP contribution >= 0.6 is 24.4 Å². The summed E-state index contributed by atoms with van der Waals surface area (Å²) in [6.45, 7) is 25.9. The molecule has 16 heteroatoms. The van der Waals surface area contributed by atoms with E-state index in [2.05, 4.69) is 48.0 Å². The van der Waals surface area contributed by atoms with Gasteiger partial charge in [0.05, 0.1) is 40.7 Å². The number of thiocarbonyl (C=S) groups is 2. The van der Waals surface area contributed by atoms with E-state index in [1.54, 1.807) is 82.0 Å². The lowest BCUT2D eigenvalue weighted by atomic mass is 10.00. The molecule has 59 heavy (non-hydrogen) atoms. The molecule has 3 amide bonds. The highest BCUT2D eigenvalue weighted by Crippen LogP contribution is 2.38. The van der Waals surface area contributed by atoms with Crippen molar-refractivity contribution in [1.29, 1.82) is 0 Å². The molecule has 0 aliphatic carbocycles.